The summed E-state index contributed by atoms with van der Waals surface area (Å²) >= 11 is 15.3. The highest BCUT2D eigenvalue weighted by molar-refractivity contribution is 9.10. The fourth-order valence-electron chi connectivity index (χ4n) is 2.42. The molecule has 0 bridgehead atoms. The number of hydrogen-bond acceptors (Lipinski definition) is 2. The quantitative estimate of drug-likeness (QED) is 0.837. The van der Waals surface area contributed by atoms with Crippen LogP contribution in [0.1, 0.15) is 17.2 Å². The minimum atomic E-state index is -0.625. The predicted octanol–water partition coefficient (Wildman–Crippen LogP) is 4.30. The first-order valence-electron chi connectivity index (χ1n) is 6.27. The summed E-state index contributed by atoms with van der Waals surface area (Å²) in [4.78, 5) is 14.0. The highest BCUT2D eigenvalue weighted by Gasteiger charge is 2.34. The molecular weight excluding hydrogens is 375 g/mol. The Morgan fingerprint density at radius 3 is 2.62 bits per heavy atom. The number of nitrogens with zero attached hydrogens (tertiary/aromatic N) is 1. The standard InChI is InChI=1S/C15H11BrCl2N2O/c16-9-2-4-13-10(6-9)14(19)15(21)20(13)7-8-1-3-11(17)12(18)5-8/h1-6,14H,7,19H2/t14-/m0/s1. The molecule has 0 saturated carbocycles. The molecule has 2 aromatic carbocycles. The van der Waals surface area contributed by atoms with Crippen molar-refractivity contribution in [2.24, 2.45) is 5.73 Å². The second-order valence-corrected chi connectivity index (χ2v) is 6.58. The molecule has 3 rings (SSSR count). The summed E-state index contributed by atoms with van der Waals surface area (Å²) in [5, 5.41) is 0.968. The number of carbonyl (C=O) groups excluding carboxylic acids is 1. The lowest BCUT2D eigenvalue weighted by atomic mass is 10.1. The minimum absolute atomic E-state index is 0.117. The molecule has 2 aromatic rings. The van der Waals surface area contributed by atoms with Gasteiger partial charge in [-0.15, -0.1) is 0 Å². The van der Waals surface area contributed by atoms with Gasteiger partial charge in [0.05, 0.1) is 16.6 Å². The third-order valence-corrected chi connectivity index (χ3v) is 4.70. The van der Waals surface area contributed by atoms with E-state index in [1.807, 2.05) is 24.3 Å². The van der Waals surface area contributed by atoms with E-state index in [9.17, 15) is 4.79 Å². The summed E-state index contributed by atoms with van der Waals surface area (Å²) < 4.78 is 0.904. The summed E-state index contributed by atoms with van der Waals surface area (Å²) in [6, 6.07) is 10.4. The normalized spacial score (nSPS) is 17.2. The zero-order valence-electron chi connectivity index (χ0n) is 10.8. The van der Waals surface area contributed by atoms with Crippen molar-refractivity contribution in [3.8, 4) is 0 Å². The van der Waals surface area contributed by atoms with Gasteiger partial charge in [-0.25, -0.2) is 0 Å². The van der Waals surface area contributed by atoms with Crippen molar-refractivity contribution < 1.29 is 4.79 Å². The van der Waals surface area contributed by atoms with Gasteiger partial charge < -0.3 is 10.6 Å². The zero-order valence-corrected chi connectivity index (χ0v) is 13.9. The van der Waals surface area contributed by atoms with Crippen LogP contribution in [-0.4, -0.2) is 5.91 Å². The van der Waals surface area contributed by atoms with Crippen molar-refractivity contribution in [1.29, 1.82) is 0 Å². The minimum Gasteiger partial charge on any atom is -0.316 e. The molecule has 0 unspecified atom stereocenters. The Hall–Kier alpha value is -1.07. The Labute approximate surface area is 140 Å². The molecule has 6 heteroatoms. The molecule has 1 amide bonds. The Morgan fingerprint density at radius 1 is 1.14 bits per heavy atom. The molecule has 0 saturated heterocycles. The summed E-state index contributed by atoms with van der Waals surface area (Å²) in [7, 11) is 0. The lowest BCUT2D eigenvalue weighted by Gasteiger charge is -2.18. The first-order valence-corrected chi connectivity index (χ1v) is 7.82. The lowest BCUT2D eigenvalue weighted by Crippen LogP contribution is -2.31. The molecule has 0 fully saturated rings. The largest absolute Gasteiger partial charge is 0.316 e. The van der Waals surface area contributed by atoms with E-state index in [1.54, 1.807) is 17.0 Å². The molecule has 0 aromatic heterocycles. The summed E-state index contributed by atoms with van der Waals surface area (Å²) in [6.07, 6.45) is 0. The van der Waals surface area contributed by atoms with E-state index < -0.39 is 6.04 Å². The Morgan fingerprint density at radius 2 is 1.90 bits per heavy atom. The van der Waals surface area contributed by atoms with Gasteiger partial charge in [0, 0.05) is 15.7 Å². The molecule has 1 aliphatic rings. The molecule has 1 aliphatic heterocycles. The highest BCUT2D eigenvalue weighted by Crippen LogP contribution is 2.37. The number of hydrogen-bond donors (Lipinski definition) is 1. The van der Waals surface area contributed by atoms with Crippen LogP contribution in [0.4, 0.5) is 5.69 Å². The molecule has 2 N–H and O–H groups in total. The van der Waals surface area contributed by atoms with Crippen LogP contribution in [0.25, 0.3) is 0 Å². The number of carbonyl (C=O) groups is 1. The molecule has 0 radical (unpaired) electrons. The molecular formula is C15H11BrCl2N2O. The van der Waals surface area contributed by atoms with Crippen molar-refractivity contribution in [3.05, 3.63) is 62.0 Å². The van der Waals surface area contributed by atoms with Gasteiger partial charge in [-0.1, -0.05) is 45.2 Å². The van der Waals surface area contributed by atoms with Gasteiger partial charge in [-0.2, -0.15) is 0 Å². The van der Waals surface area contributed by atoms with Gasteiger partial charge in [-0.05, 0) is 35.9 Å². The van der Waals surface area contributed by atoms with Crippen LogP contribution in [0.15, 0.2) is 40.9 Å². The number of anilines is 1. The van der Waals surface area contributed by atoms with E-state index >= 15 is 0 Å². The van der Waals surface area contributed by atoms with Gasteiger partial charge in [-0.3, -0.25) is 4.79 Å². The second-order valence-electron chi connectivity index (χ2n) is 4.85. The van der Waals surface area contributed by atoms with E-state index in [0.29, 0.717) is 16.6 Å². The van der Waals surface area contributed by atoms with Gasteiger partial charge in [0.15, 0.2) is 0 Å². The van der Waals surface area contributed by atoms with Gasteiger partial charge in [0.25, 0.3) is 0 Å². The van der Waals surface area contributed by atoms with Crippen molar-refractivity contribution >= 4 is 50.7 Å². The molecule has 0 aliphatic carbocycles. The summed E-state index contributed by atoms with van der Waals surface area (Å²) in [6.45, 7) is 0.415. The SMILES string of the molecule is N[C@@H]1C(=O)N(Cc2ccc(Cl)c(Cl)c2)c2ccc(Br)cc21. The van der Waals surface area contributed by atoms with Crippen LogP contribution in [-0.2, 0) is 11.3 Å². The third kappa shape index (κ3) is 2.69. The summed E-state index contributed by atoms with van der Waals surface area (Å²) in [5.41, 5.74) is 8.56. The van der Waals surface area contributed by atoms with Gasteiger partial charge in [0.2, 0.25) is 5.91 Å². The first-order chi connectivity index (χ1) is 9.97. The van der Waals surface area contributed by atoms with Crippen molar-refractivity contribution in [2.75, 3.05) is 4.90 Å². The van der Waals surface area contributed by atoms with E-state index in [1.165, 1.54) is 0 Å². The van der Waals surface area contributed by atoms with Crippen LogP contribution < -0.4 is 10.6 Å². The predicted molar refractivity (Wildman–Crippen MR) is 88.7 cm³/mol. The van der Waals surface area contributed by atoms with Crippen molar-refractivity contribution in [3.63, 3.8) is 0 Å². The maximum absolute atomic E-state index is 12.4. The lowest BCUT2D eigenvalue weighted by molar-refractivity contribution is -0.119. The monoisotopic (exact) mass is 384 g/mol. The van der Waals surface area contributed by atoms with Crippen LogP contribution in [0.3, 0.4) is 0 Å². The van der Waals surface area contributed by atoms with Gasteiger partial charge in [0.1, 0.15) is 6.04 Å². The smallest absolute Gasteiger partial charge is 0.248 e. The number of fused-ring (bicyclic) bond motifs is 1. The van der Waals surface area contributed by atoms with Gasteiger partial charge >= 0.3 is 0 Å². The fourth-order valence-corrected chi connectivity index (χ4v) is 3.12. The molecule has 1 heterocycles. The number of halogens is 3. The molecule has 1 atom stereocenters. The highest BCUT2D eigenvalue weighted by atomic mass is 79.9. The summed E-state index contributed by atoms with van der Waals surface area (Å²) in [5.74, 6) is -0.117. The van der Waals surface area contributed by atoms with Crippen molar-refractivity contribution in [1.82, 2.24) is 0 Å². The second kappa shape index (κ2) is 5.61. The average molecular weight is 386 g/mol. The molecule has 3 nitrogen and oxygen atoms in total. The Balaban J connectivity index is 1.96. The first kappa shape index (κ1) is 14.9. The molecule has 108 valence electrons. The van der Waals surface area contributed by atoms with E-state index in [4.69, 9.17) is 28.9 Å². The van der Waals surface area contributed by atoms with E-state index in [0.717, 1.165) is 21.3 Å². The van der Waals surface area contributed by atoms with Crippen LogP contribution in [0.5, 0.6) is 0 Å². The Kier molecular flexibility index (Phi) is 3.97. The maximum Gasteiger partial charge on any atom is 0.248 e. The van der Waals surface area contributed by atoms with Crippen LogP contribution in [0, 0.1) is 0 Å². The topological polar surface area (TPSA) is 46.3 Å². The van der Waals surface area contributed by atoms with E-state index in [2.05, 4.69) is 15.9 Å². The third-order valence-electron chi connectivity index (χ3n) is 3.47. The van der Waals surface area contributed by atoms with Crippen molar-refractivity contribution in [2.45, 2.75) is 12.6 Å². The fraction of sp³-hybridized carbons (Fsp3) is 0.133. The molecule has 21 heavy (non-hydrogen) atoms. The Bertz CT molecular complexity index is 736. The number of nitrogens with two attached hydrogens (primary N) is 1. The van der Waals surface area contributed by atoms with Crippen LogP contribution in [0.2, 0.25) is 10.0 Å². The van der Waals surface area contributed by atoms with E-state index in [-0.39, 0.29) is 5.91 Å². The zero-order chi connectivity index (χ0) is 15.1. The average Bonchev–Trinajstić information content (AvgIpc) is 2.68. The maximum atomic E-state index is 12.4. The number of benzene rings is 2. The number of amides is 1. The van der Waals surface area contributed by atoms with Crippen LogP contribution >= 0.6 is 39.1 Å². The number of rotatable bonds is 2. The molecule has 0 spiro atoms.